The van der Waals surface area contributed by atoms with Crippen LogP contribution in [-0.2, 0) is 19.6 Å². The molecule has 0 bridgehead atoms. The van der Waals surface area contributed by atoms with E-state index in [1.807, 2.05) is 17.1 Å². The van der Waals surface area contributed by atoms with E-state index in [0.29, 0.717) is 19.0 Å². The monoisotopic (exact) mass is 479 g/mol. The van der Waals surface area contributed by atoms with Crippen molar-refractivity contribution < 1.29 is 4.39 Å². The minimum absolute atomic E-state index is 0. The zero-order valence-electron chi connectivity index (χ0n) is 15.1. The third kappa shape index (κ3) is 6.67. The van der Waals surface area contributed by atoms with Crippen molar-refractivity contribution in [2.45, 2.75) is 19.6 Å². The van der Waals surface area contributed by atoms with E-state index in [4.69, 9.17) is 0 Å². The number of guanidine groups is 1. The predicted octanol–water partition coefficient (Wildman–Crippen LogP) is 3.55. The molecule has 0 spiro atoms. The molecule has 0 radical (unpaired) electrons. The Morgan fingerprint density at radius 2 is 1.74 bits per heavy atom. The molecule has 2 N–H and O–H groups in total. The molecule has 3 rings (SSSR count). The Morgan fingerprint density at radius 1 is 1.04 bits per heavy atom. The highest BCUT2D eigenvalue weighted by atomic mass is 127. The first-order valence-electron chi connectivity index (χ1n) is 8.45. The summed E-state index contributed by atoms with van der Waals surface area (Å²) in [5, 5.41) is 6.53. The second-order valence-corrected chi connectivity index (χ2v) is 5.96. The maximum Gasteiger partial charge on any atom is 0.191 e. The van der Waals surface area contributed by atoms with Gasteiger partial charge in [-0.25, -0.2) is 9.37 Å². The van der Waals surface area contributed by atoms with Gasteiger partial charge in [-0.05, 0) is 28.8 Å². The Hall–Kier alpha value is -2.42. The van der Waals surface area contributed by atoms with Crippen LogP contribution >= 0.6 is 24.0 Å². The van der Waals surface area contributed by atoms with Gasteiger partial charge in [-0.15, -0.1) is 24.0 Å². The van der Waals surface area contributed by atoms with Gasteiger partial charge in [0, 0.05) is 39.1 Å². The largest absolute Gasteiger partial charge is 0.352 e. The average Bonchev–Trinajstić information content (AvgIpc) is 3.16. The quantitative estimate of drug-likeness (QED) is 0.323. The second-order valence-electron chi connectivity index (χ2n) is 5.96. The van der Waals surface area contributed by atoms with Crippen LogP contribution in [0.4, 0.5) is 4.39 Å². The van der Waals surface area contributed by atoms with Crippen LogP contribution in [0.15, 0.2) is 72.2 Å². The summed E-state index contributed by atoms with van der Waals surface area (Å²) >= 11 is 0. The van der Waals surface area contributed by atoms with Crippen molar-refractivity contribution in [2.24, 2.45) is 4.99 Å². The number of aromatic nitrogens is 2. The lowest BCUT2D eigenvalue weighted by Crippen LogP contribution is -2.36. The van der Waals surface area contributed by atoms with Gasteiger partial charge in [-0.1, -0.05) is 36.4 Å². The van der Waals surface area contributed by atoms with Crippen molar-refractivity contribution in [3.05, 3.63) is 89.8 Å². The lowest BCUT2D eigenvalue weighted by Gasteiger charge is -2.13. The van der Waals surface area contributed by atoms with Crippen LogP contribution in [0.25, 0.3) is 0 Å². The molecule has 1 heterocycles. The molecule has 0 aliphatic carbocycles. The molecule has 2 aromatic carbocycles. The Balaban J connectivity index is 0.00000261. The molecule has 1 aromatic heterocycles. The topological polar surface area (TPSA) is 54.2 Å². The number of imidazole rings is 1. The summed E-state index contributed by atoms with van der Waals surface area (Å²) in [6.45, 7) is 2.05. The van der Waals surface area contributed by atoms with Gasteiger partial charge in [-0.3, -0.25) is 4.99 Å². The fraction of sp³-hybridized carbons (Fsp3) is 0.200. The van der Waals surface area contributed by atoms with E-state index < -0.39 is 0 Å². The molecule has 0 aliphatic rings. The molecule has 0 atom stereocenters. The summed E-state index contributed by atoms with van der Waals surface area (Å²) < 4.78 is 15.0. The molecule has 7 heteroatoms. The third-order valence-corrected chi connectivity index (χ3v) is 3.97. The van der Waals surface area contributed by atoms with E-state index in [1.54, 1.807) is 25.4 Å². The zero-order chi connectivity index (χ0) is 18.2. The maximum atomic E-state index is 13.0. The molecule has 0 aliphatic heterocycles. The summed E-state index contributed by atoms with van der Waals surface area (Å²) in [6, 6.07) is 14.8. The van der Waals surface area contributed by atoms with Crippen molar-refractivity contribution in [3.8, 4) is 0 Å². The number of rotatable bonds is 6. The molecule has 5 nitrogen and oxygen atoms in total. The molecule has 0 saturated carbocycles. The zero-order valence-corrected chi connectivity index (χ0v) is 17.4. The Labute approximate surface area is 175 Å². The maximum absolute atomic E-state index is 13.0. The second kappa shape index (κ2) is 10.7. The number of hydrogen-bond donors (Lipinski definition) is 2. The molecule has 0 saturated heterocycles. The van der Waals surface area contributed by atoms with Gasteiger partial charge in [0.2, 0.25) is 0 Å². The van der Waals surface area contributed by atoms with Crippen LogP contribution < -0.4 is 10.6 Å². The van der Waals surface area contributed by atoms with Crippen molar-refractivity contribution in [1.29, 1.82) is 0 Å². The van der Waals surface area contributed by atoms with Crippen LogP contribution in [0, 0.1) is 5.82 Å². The van der Waals surface area contributed by atoms with E-state index in [-0.39, 0.29) is 29.8 Å². The lowest BCUT2D eigenvalue weighted by atomic mass is 10.1. The van der Waals surface area contributed by atoms with Gasteiger partial charge in [0.25, 0.3) is 0 Å². The number of halogens is 2. The van der Waals surface area contributed by atoms with Crippen molar-refractivity contribution in [3.63, 3.8) is 0 Å². The number of nitrogens with zero attached hydrogens (tertiary/aromatic N) is 3. The summed E-state index contributed by atoms with van der Waals surface area (Å²) in [5.41, 5.74) is 3.39. The average molecular weight is 479 g/mol. The first kappa shape index (κ1) is 20.9. The molecule has 0 unspecified atom stereocenters. The fourth-order valence-corrected chi connectivity index (χ4v) is 2.62. The summed E-state index contributed by atoms with van der Waals surface area (Å²) in [6.07, 6.45) is 5.54. The highest BCUT2D eigenvalue weighted by molar-refractivity contribution is 14.0. The first-order valence-corrected chi connectivity index (χ1v) is 8.45. The smallest absolute Gasteiger partial charge is 0.191 e. The minimum Gasteiger partial charge on any atom is -0.352 e. The van der Waals surface area contributed by atoms with E-state index in [9.17, 15) is 4.39 Å². The number of benzene rings is 2. The van der Waals surface area contributed by atoms with Gasteiger partial charge < -0.3 is 15.2 Å². The molecule has 3 aromatic rings. The van der Waals surface area contributed by atoms with Gasteiger partial charge in [0.15, 0.2) is 5.96 Å². The van der Waals surface area contributed by atoms with E-state index >= 15 is 0 Å². The van der Waals surface area contributed by atoms with Gasteiger partial charge in [0.05, 0.1) is 6.33 Å². The van der Waals surface area contributed by atoms with E-state index in [1.165, 1.54) is 23.3 Å². The number of aliphatic imine (C=N–C) groups is 1. The van der Waals surface area contributed by atoms with Gasteiger partial charge >= 0.3 is 0 Å². The first-order chi connectivity index (χ1) is 12.7. The number of hydrogen-bond acceptors (Lipinski definition) is 2. The van der Waals surface area contributed by atoms with Crippen LogP contribution in [0.2, 0.25) is 0 Å². The molecule has 0 fully saturated rings. The van der Waals surface area contributed by atoms with E-state index in [0.717, 1.165) is 12.1 Å². The van der Waals surface area contributed by atoms with Crippen LogP contribution in [0.5, 0.6) is 0 Å². The third-order valence-electron chi connectivity index (χ3n) is 3.97. The SMILES string of the molecule is CN=C(NCc1ccc(F)cc1)NCc1cccc(Cn2ccnc2)c1.I. The highest BCUT2D eigenvalue weighted by Gasteiger charge is 2.01. The van der Waals surface area contributed by atoms with Crippen molar-refractivity contribution >= 4 is 29.9 Å². The Bertz CT molecular complexity index is 847. The molecule has 27 heavy (non-hydrogen) atoms. The fourth-order valence-electron chi connectivity index (χ4n) is 2.62. The Morgan fingerprint density at radius 3 is 2.41 bits per heavy atom. The van der Waals surface area contributed by atoms with E-state index in [2.05, 4.69) is 44.9 Å². The molecule has 0 amide bonds. The summed E-state index contributed by atoms with van der Waals surface area (Å²) in [7, 11) is 1.73. The summed E-state index contributed by atoms with van der Waals surface area (Å²) in [5.74, 6) is 0.473. The van der Waals surface area contributed by atoms with Gasteiger partial charge in [0.1, 0.15) is 5.82 Å². The standard InChI is InChI=1S/C20H22FN5.HI/c1-22-20(24-12-16-5-7-19(21)8-6-16)25-13-17-3-2-4-18(11-17)14-26-10-9-23-15-26;/h2-11,15H,12-14H2,1H3,(H2,22,24,25);1H. The van der Waals surface area contributed by atoms with Crippen molar-refractivity contribution in [1.82, 2.24) is 20.2 Å². The van der Waals surface area contributed by atoms with Crippen molar-refractivity contribution in [2.75, 3.05) is 7.05 Å². The van der Waals surface area contributed by atoms with Crippen LogP contribution in [-0.4, -0.2) is 22.6 Å². The minimum atomic E-state index is -0.230. The Kier molecular flexibility index (Phi) is 8.25. The van der Waals surface area contributed by atoms with Crippen LogP contribution in [0.3, 0.4) is 0 Å². The molecular weight excluding hydrogens is 456 g/mol. The van der Waals surface area contributed by atoms with Gasteiger partial charge in [-0.2, -0.15) is 0 Å². The predicted molar refractivity (Wildman–Crippen MR) is 117 cm³/mol. The number of nitrogens with one attached hydrogen (secondary N) is 2. The molecule has 142 valence electrons. The lowest BCUT2D eigenvalue weighted by molar-refractivity contribution is 0.626. The normalized spacial score (nSPS) is 11.0. The molecular formula is C20H23FIN5. The van der Waals surface area contributed by atoms with Crippen LogP contribution in [0.1, 0.15) is 16.7 Å². The summed E-state index contributed by atoms with van der Waals surface area (Å²) in [4.78, 5) is 8.29. The highest BCUT2D eigenvalue weighted by Crippen LogP contribution is 2.07.